The average Bonchev–Trinajstić information content (AvgIpc) is 3.42. The number of nitrogens with zero attached hydrogens (tertiary/aromatic N) is 1. The van der Waals surface area contributed by atoms with Crippen molar-refractivity contribution in [2.24, 2.45) is 0 Å². The molecule has 1 aliphatic carbocycles. The van der Waals surface area contributed by atoms with Crippen LogP contribution in [0, 0.1) is 0 Å². The highest BCUT2D eigenvalue weighted by Crippen LogP contribution is 2.57. The van der Waals surface area contributed by atoms with E-state index in [1.54, 1.807) is 0 Å². The number of nitrogens with one attached hydrogen (secondary N) is 2. The third-order valence-electron chi connectivity index (χ3n) is 9.82. The molecule has 0 radical (unpaired) electrons. The van der Waals surface area contributed by atoms with Gasteiger partial charge in [-0.15, -0.1) is 0 Å². The maximum atomic E-state index is 3.79. The summed E-state index contributed by atoms with van der Waals surface area (Å²) < 4.78 is 0.256. The van der Waals surface area contributed by atoms with Crippen LogP contribution < -0.4 is 15.5 Å². The molecule has 49 heavy (non-hydrogen) atoms. The Morgan fingerprint density at radius 1 is 0.673 bits per heavy atom. The third kappa shape index (κ3) is 6.23. The molecule has 2 atom stereocenters. The van der Waals surface area contributed by atoms with Crippen molar-refractivity contribution in [1.29, 1.82) is 0 Å². The van der Waals surface area contributed by atoms with Crippen molar-refractivity contribution in [3.05, 3.63) is 204 Å². The minimum atomic E-state index is -0.181. The molecule has 240 valence electrons. The fourth-order valence-corrected chi connectivity index (χ4v) is 7.94. The smallest absolute Gasteiger partial charge is 0.0852 e. The number of para-hydroxylation sites is 2. The Balaban J connectivity index is 1.13. The lowest BCUT2D eigenvalue weighted by Crippen LogP contribution is -2.30. The van der Waals surface area contributed by atoms with E-state index < -0.39 is 0 Å². The molecule has 0 aromatic heterocycles. The van der Waals surface area contributed by atoms with Gasteiger partial charge in [-0.25, -0.2) is 0 Å². The van der Waals surface area contributed by atoms with E-state index in [1.165, 1.54) is 56.0 Å². The van der Waals surface area contributed by atoms with Gasteiger partial charge in [-0.3, -0.25) is 5.32 Å². The molecule has 2 N–H and O–H groups in total. The zero-order chi connectivity index (χ0) is 33.2. The van der Waals surface area contributed by atoms with Crippen molar-refractivity contribution in [1.82, 2.24) is 5.32 Å². The highest BCUT2D eigenvalue weighted by atomic mass is 127. The summed E-state index contributed by atoms with van der Waals surface area (Å²) in [5, 5.41) is 7.47. The summed E-state index contributed by atoms with van der Waals surface area (Å²) in [4.78, 5) is 2.47. The van der Waals surface area contributed by atoms with Crippen LogP contribution in [0.3, 0.4) is 0 Å². The summed E-state index contributed by atoms with van der Waals surface area (Å²) in [7, 11) is 0. The number of hydrogen-bond acceptors (Lipinski definition) is 3. The van der Waals surface area contributed by atoms with E-state index >= 15 is 0 Å². The summed E-state index contributed by atoms with van der Waals surface area (Å²) >= 11 is 2.47. The molecule has 0 spiro atoms. The molecule has 0 fully saturated rings. The number of halogens is 1. The van der Waals surface area contributed by atoms with E-state index in [0.717, 1.165) is 24.4 Å². The number of fused-ring (bicyclic) bond motifs is 3. The molecule has 8 rings (SSSR count). The van der Waals surface area contributed by atoms with Gasteiger partial charge in [0.1, 0.15) is 0 Å². The number of benzene rings is 6. The normalized spacial score (nSPS) is 17.3. The monoisotopic (exact) mass is 747 g/mol. The lowest BCUT2D eigenvalue weighted by molar-refractivity contribution is 0.583. The Labute approximate surface area is 303 Å². The van der Waals surface area contributed by atoms with Gasteiger partial charge in [0.05, 0.1) is 4.05 Å². The van der Waals surface area contributed by atoms with Crippen molar-refractivity contribution in [2.45, 2.75) is 29.4 Å². The number of allylic oxidation sites excluding steroid dienone is 3. The summed E-state index contributed by atoms with van der Waals surface area (Å²) in [6.07, 6.45) is 3.28. The van der Waals surface area contributed by atoms with E-state index in [9.17, 15) is 0 Å². The molecule has 0 saturated carbocycles. The summed E-state index contributed by atoms with van der Waals surface area (Å²) in [5.74, 6) is 0. The molecule has 3 nitrogen and oxygen atoms in total. The van der Waals surface area contributed by atoms with Crippen LogP contribution in [-0.4, -0.2) is 0 Å². The molecule has 6 aromatic carbocycles. The maximum Gasteiger partial charge on any atom is 0.0852 e. The average molecular weight is 748 g/mol. The molecule has 2 aliphatic rings. The van der Waals surface area contributed by atoms with E-state index in [4.69, 9.17) is 0 Å². The quantitative estimate of drug-likeness (QED) is 0.0876. The van der Waals surface area contributed by atoms with Crippen LogP contribution >= 0.6 is 22.6 Å². The first-order valence-electron chi connectivity index (χ1n) is 16.9. The molecule has 1 heterocycles. The predicted molar refractivity (Wildman–Crippen MR) is 214 cm³/mol. The Morgan fingerprint density at radius 3 is 2.08 bits per heavy atom. The molecule has 0 saturated heterocycles. The summed E-state index contributed by atoms with van der Waals surface area (Å²) in [6, 6.07) is 58.8. The Kier molecular flexibility index (Phi) is 8.67. The Hall–Kier alpha value is -4.91. The molecular weight excluding hydrogens is 709 g/mol. The topological polar surface area (TPSA) is 27.3 Å². The number of rotatable bonds is 9. The van der Waals surface area contributed by atoms with Crippen LogP contribution in [0.2, 0.25) is 0 Å². The second kappa shape index (κ2) is 13.5. The highest BCUT2D eigenvalue weighted by molar-refractivity contribution is 14.1. The number of anilines is 3. The standard InChI is InChI=1S/C45H38IN3/c1-45-30-39(34-15-5-2-6-16-34)41(48-37-20-9-4-10-21-37)29-43(45)49(42-23-12-11-22-40(42)45)38-26-24-33(25-27-38)36-19-13-14-32(28-36)31-47-44(46)35-17-7-3-8-18-35/h2-29,44,47-48H,30-31H2,1H3. The maximum absolute atomic E-state index is 3.79. The zero-order valence-electron chi connectivity index (χ0n) is 27.5. The zero-order valence-corrected chi connectivity index (χ0v) is 29.6. The predicted octanol–water partition coefficient (Wildman–Crippen LogP) is 11.8. The van der Waals surface area contributed by atoms with Crippen LogP contribution in [0.1, 0.15) is 39.6 Å². The van der Waals surface area contributed by atoms with Gasteiger partial charge in [-0.1, -0.05) is 150 Å². The summed E-state index contributed by atoms with van der Waals surface area (Å²) in [6.45, 7) is 3.22. The van der Waals surface area contributed by atoms with Crippen molar-refractivity contribution in [3.8, 4) is 11.1 Å². The van der Waals surface area contributed by atoms with Gasteiger partial charge >= 0.3 is 0 Å². The SMILES string of the molecule is CC12CC(c3ccccc3)=C(Nc3ccccc3)C=C1N(c1ccc(-c3cccc(CNC(I)c4ccccc4)c3)cc1)c1ccccc12. The van der Waals surface area contributed by atoms with Gasteiger partial charge in [-0.05, 0) is 94.8 Å². The van der Waals surface area contributed by atoms with E-state index in [2.05, 4.69) is 215 Å². The first kappa shape index (κ1) is 31.4. The fraction of sp³-hybridized carbons (Fsp3) is 0.111. The lowest BCUT2D eigenvalue weighted by atomic mass is 9.72. The lowest BCUT2D eigenvalue weighted by Gasteiger charge is -2.36. The van der Waals surface area contributed by atoms with E-state index in [1.807, 2.05) is 0 Å². The van der Waals surface area contributed by atoms with Crippen molar-refractivity contribution in [2.75, 3.05) is 10.2 Å². The van der Waals surface area contributed by atoms with Crippen molar-refractivity contribution >= 4 is 45.2 Å². The van der Waals surface area contributed by atoms with Gasteiger partial charge in [0.25, 0.3) is 0 Å². The molecule has 2 unspecified atom stereocenters. The van der Waals surface area contributed by atoms with Gasteiger partial charge in [0.2, 0.25) is 0 Å². The van der Waals surface area contributed by atoms with Crippen LogP contribution in [0.25, 0.3) is 16.7 Å². The molecule has 1 aliphatic heterocycles. The van der Waals surface area contributed by atoms with Crippen LogP contribution in [0.5, 0.6) is 0 Å². The Bertz CT molecular complexity index is 2140. The van der Waals surface area contributed by atoms with Crippen LogP contribution in [-0.2, 0) is 12.0 Å². The largest absolute Gasteiger partial charge is 0.355 e. The van der Waals surface area contributed by atoms with Gasteiger partial charge in [0, 0.05) is 40.4 Å². The minimum absolute atomic E-state index is 0.181. The summed E-state index contributed by atoms with van der Waals surface area (Å²) in [5.41, 5.74) is 14.7. The second-order valence-corrected chi connectivity index (χ2v) is 14.3. The highest BCUT2D eigenvalue weighted by Gasteiger charge is 2.47. The first-order valence-corrected chi connectivity index (χ1v) is 18.2. The fourth-order valence-electron chi connectivity index (χ4n) is 7.31. The molecule has 0 bridgehead atoms. The second-order valence-electron chi connectivity index (χ2n) is 13.0. The third-order valence-corrected chi connectivity index (χ3v) is 11.0. The van der Waals surface area contributed by atoms with E-state index in [0.29, 0.717) is 0 Å². The van der Waals surface area contributed by atoms with Gasteiger partial charge in [0.15, 0.2) is 0 Å². The molecule has 6 aromatic rings. The van der Waals surface area contributed by atoms with Gasteiger partial charge < -0.3 is 10.2 Å². The molecule has 0 amide bonds. The van der Waals surface area contributed by atoms with E-state index in [-0.39, 0.29) is 9.46 Å². The van der Waals surface area contributed by atoms with Crippen molar-refractivity contribution < 1.29 is 0 Å². The van der Waals surface area contributed by atoms with Gasteiger partial charge in [-0.2, -0.15) is 0 Å². The Morgan fingerprint density at radius 2 is 1.33 bits per heavy atom. The van der Waals surface area contributed by atoms with Crippen LogP contribution in [0.15, 0.2) is 181 Å². The van der Waals surface area contributed by atoms with Crippen molar-refractivity contribution in [3.63, 3.8) is 0 Å². The first-order chi connectivity index (χ1) is 24.1. The molecule has 4 heteroatoms. The molecular formula is C45H38IN3. The van der Waals surface area contributed by atoms with Crippen LogP contribution in [0.4, 0.5) is 17.1 Å². The minimum Gasteiger partial charge on any atom is -0.355 e. The number of alkyl halides is 1. The number of hydrogen-bond donors (Lipinski definition) is 2.